The Labute approximate surface area is 129 Å². The summed E-state index contributed by atoms with van der Waals surface area (Å²) < 4.78 is 19.5. The molecule has 22 heavy (non-hydrogen) atoms. The summed E-state index contributed by atoms with van der Waals surface area (Å²) in [6.07, 6.45) is 2.94. The van der Waals surface area contributed by atoms with Gasteiger partial charge in [-0.3, -0.25) is 4.79 Å². The van der Waals surface area contributed by atoms with E-state index in [9.17, 15) is 9.18 Å². The maximum atomic E-state index is 13.8. The van der Waals surface area contributed by atoms with Gasteiger partial charge in [0, 0.05) is 24.6 Å². The van der Waals surface area contributed by atoms with E-state index >= 15 is 0 Å². The summed E-state index contributed by atoms with van der Waals surface area (Å²) in [7, 11) is 0. The number of nitrogens with one attached hydrogen (secondary N) is 1. The van der Waals surface area contributed by atoms with Gasteiger partial charge < -0.3 is 15.0 Å². The van der Waals surface area contributed by atoms with Crippen molar-refractivity contribution >= 4 is 5.91 Å². The van der Waals surface area contributed by atoms with E-state index in [1.165, 1.54) is 12.1 Å². The van der Waals surface area contributed by atoms with Gasteiger partial charge in [0.05, 0.1) is 5.56 Å². The van der Waals surface area contributed by atoms with E-state index in [2.05, 4.69) is 10.2 Å². The van der Waals surface area contributed by atoms with E-state index in [4.69, 9.17) is 4.74 Å². The Morgan fingerprint density at radius 2 is 2.14 bits per heavy atom. The molecule has 118 valence electrons. The highest BCUT2D eigenvalue weighted by Gasteiger charge is 2.36. The fourth-order valence-corrected chi connectivity index (χ4v) is 4.04. The number of rotatable bonds is 2. The van der Waals surface area contributed by atoms with Gasteiger partial charge in [-0.1, -0.05) is 0 Å². The first-order valence-corrected chi connectivity index (χ1v) is 8.12. The molecule has 1 aromatic carbocycles. The molecule has 0 radical (unpaired) electrons. The number of carbonyl (C=O) groups excluding carboxylic acids is 1. The van der Waals surface area contributed by atoms with Crippen LogP contribution in [0, 0.1) is 11.7 Å². The number of piperidine rings is 3. The van der Waals surface area contributed by atoms with Crippen LogP contribution in [0.4, 0.5) is 4.39 Å². The summed E-state index contributed by atoms with van der Waals surface area (Å²) >= 11 is 0. The molecule has 4 nitrogen and oxygen atoms in total. The number of benzene rings is 1. The Bertz CT molecular complexity index is 611. The molecule has 4 aliphatic heterocycles. The van der Waals surface area contributed by atoms with E-state index in [-0.39, 0.29) is 23.9 Å². The molecular weight excluding hydrogens is 283 g/mol. The van der Waals surface area contributed by atoms with Crippen molar-refractivity contribution in [3.05, 3.63) is 29.1 Å². The molecule has 1 N–H and O–H groups in total. The smallest absolute Gasteiger partial charge is 0.255 e. The van der Waals surface area contributed by atoms with Crippen molar-refractivity contribution in [3.8, 4) is 5.75 Å². The molecule has 2 atom stereocenters. The third-order valence-corrected chi connectivity index (χ3v) is 5.17. The standard InChI is InChI=1S/C17H21FN2O2/c1-10-6-12-7-13(18)8-14(16(12)22-10)17(21)19-15-9-20-4-2-11(15)3-5-20/h7-8,10-11,15H,2-6,9H2,1H3,(H,19,21). The lowest BCUT2D eigenvalue weighted by Crippen LogP contribution is -2.57. The molecule has 3 fully saturated rings. The lowest BCUT2D eigenvalue weighted by Gasteiger charge is -2.44. The number of carbonyl (C=O) groups is 1. The highest BCUT2D eigenvalue weighted by molar-refractivity contribution is 5.97. The van der Waals surface area contributed by atoms with Crippen LogP contribution in [0.3, 0.4) is 0 Å². The normalized spacial score (nSPS) is 32.5. The Morgan fingerprint density at radius 1 is 1.36 bits per heavy atom. The zero-order chi connectivity index (χ0) is 15.3. The first-order valence-electron chi connectivity index (χ1n) is 8.12. The van der Waals surface area contributed by atoms with Crippen LogP contribution in [-0.4, -0.2) is 42.6 Å². The van der Waals surface area contributed by atoms with Gasteiger partial charge in [0.25, 0.3) is 5.91 Å². The number of halogens is 1. The van der Waals surface area contributed by atoms with Crippen LogP contribution in [0.25, 0.3) is 0 Å². The van der Waals surface area contributed by atoms with Crippen molar-refractivity contribution in [3.63, 3.8) is 0 Å². The third-order valence-electron chi connectivity index (χ3n) is 5.17. The van der Waals surface area contributed by atoms with E-state index in [0.29, 0.717) is 23.7 Å². The molecule has 4 heterocycles. The maximum absolute atomic E-state index is 13.8. The summed E-state index contributed by atoms with van der Waals surface area (Å²) in [4.78, 5) is 15.0. The summed E-state index contributed by atoms with van der Waals surface area (Å²) in [5.41, 5.74) is 1.14. The average molecular weight is 304 g/mol. The molecule has 2 unspecified atom stereocenters. The van der Waals surface area contributed by atoms with Crippen molar-refractivity contribution in [1.29, 1.82) is 0 Å². The van der Waals surface area contributed by atoms with Crippen LogP contribution in [0.15, 0.2) is 12.1 Å². The Balaban J connectivity index is 1.56. The second kappa shape index (κ2) is 5.23. The number of nitrogens with zero attached hydrogens (tertiary/aromatic N) is 1. The highest BCUT2D eigenvalue weighted by atomic mass is 19.1. The Morgan fingerprint density at radius 3 is 2.82 bits per heavy atom. The van der Waals surface area contributed by atoms with Crippen LogP contribution in [0.5, 0.6) is 5.75 Å². The molecule has 4 aliphatic rings. The van der Waals surface area contributed by atoms with Crippen LogP contribution in [0.1, 0.15) is 35.7 Å². The van der Waals surface area contributed by atoms with Crippen molar-refractivity contribution in [1.82, 2.24) is 10.2 Å². The number of fused-ring (bicyclic) bond motifs is 4. The summed E-state index contributed by atoms with van der Waals surface area (Å²) in [5, 5.41) is 3.11. The molecule has 1 aromatic rings. The molecule has 5 rings (SSSR count). The number of hydrogen-bond acceptors (Lipinski definition) is 3. The second-order valence-electron chi connectivity index (χ2n) is 6.79. The van der Waals surface area contributed by atoms with Crippen molar-refractivity contribution in [2.75, 3.05) is 19.6 Å². The third kappa shape index (κ3) is 2.37. The molecule has 2 bridgehead atoms. The van der Waals surface area contributed by atoms with E-state index < -0.39 is 0 Å². The average Bonchev–Trinajstić information content (AvgIpc) is 2.87. The van der Waals surface area contributed by atoms with Crippen molar-refractivity contribution < 1.29 is 13.9 Å². The Hall–Kier alpha value is -1.62. The van der Waals surface area contributed by atoms with Gasteiger partial charge in [0.2, 0.25) is 0 Å². The van der Waals surface area contributed by atoms with Gasteiger partial charge >= 0.3 is 0 Å². The zero-order valence-electron chi connectivity index (χ0n) is 12.8. The van der Waals surface area contributed by atoms with E-state index in [0.717, 1.165) is 38.0 Å². The van der Waals surface area contributed by atoms with Crippen LogP contribution in [0.2, 0.25) is 0 Å². The first kappa shape index (κ1) is 14.0. The number of ether oxygens (including phenoxy) is 1. The zero-order valence-corrected chi connectivity index (χ0v) is 12.8. The summed E-state index contributed by atoms with van der Waals surface area (Å²) in [6, 6.07) is 2.95. The minimum absolute atomic E-state index is 0.000143. The maximum Gasteiger partial charge on any atom is 0.255 e. The molecular formula is C17H21FN2O2. The van der Waals surface area contributed by atoms with Gasteiger partial charge in [0.1, 0.15) is 17.7 Å². The van der Waals surface area contributed by atoms with Crippen LogP contribution < -0.4 is 10.1 Å². The van der Waals surface area contributed by atoms with Crippen LogP contribution in [-0.2, 0) is 6.42 Å². The van der Waals surface area contributed by atoms with Gasteiger partial charge in [0.15, 0.2) is 0 Å². The fraction of sp³-hybridized carbons (Fsp3) is 0.588. The van der Waals surface area contributed by atoms with E-state index in [1.54, 1.807) is 0 Å². The SMILES string of the molecule is CC1Cc2cc(F)cc(C(=O)NC3CN4CCC3CC4)c2O1. The van der Waals surface area contributed by atoms with E-state index in [1.807, 2.05) is 6.92 Å². The molecule has 3 saturated heterocycles. The molecule has 0 aromatic heterocycles. The largest absolute Gasteiger partial charge is 0.489 e. The van der Waals surface area contributed by atoms with Gasteiger partial charge in [-0.15, -0.1) is 0 Å². The lowest BCUT2D eigenvalue weighted by atomic mass is 9.84. The van der Waals surface area contributed by atoms with Crippen LogP contribution >= 0.6 is 0 Å². The van der Waals surface area contributed by atoms with Gasteiger partial charge in [-0.2, -0.15) is 0 Å². The summed E-state index contributed by atoms with van der Waals surface area (Å²) in [6.45, 7) is 5.11. The fourth-order valence-electron chi connectivity index (χ4n) is 4.04. The molecule has 0 saturated carbocycles. The first-order chi connectivity index (χ1) is 10.6. The predicted molar refractivity (Wildman–Crippen MR) is 80.6 cm³/mol. The molecule has 0 aliphatic carbocycles. The highest BCUT2D eigenvalue weighted by Crippen LogP contribution is 2.34. The molecule has 0 spiro atoms. The van der Waals surface area contributed by atoms with Crippen molar-refractivity contribution in [2.24, 2.45) is 5.92 Å². The minimum atomic E-state index is -0.365. The van der Waals surface area contributed by atoms with Crippen molar-refractivity contribution in [2.45, 2.75) is 38.3 Å². The Kier molecular flexibility index (Phi) is 3.33. The topological polar surface area (TPSA) is 41.6 Å². The van der Waals surface area contributed by atoms with Gasteiger partial charge in [-0.05, 0) is 50.9 Å². The second-order valence-corrected chi connectivity index (χ2v) is 6.79. The summed E-state index contributed by atoms with van der Waals surface area (Å²) in [5.74, 6) is 0.544. The molecule has 5 heteroatoms. The number of hydrogen-bond donors (Lipinski definition) is 1. The quantitative estimate of drug-likeness (QED) is 0.908. The monoisotopic (exact) mass is 304 g/mol. The number of amides is 1. The lowest BCUT2D eigenvalue weighted by molar-refractivity contribution is 0.0618. The molecule has 1 amide bonds. The van der Waals surface area contributed by atoms with Gasteiger partial charge in [-0.25, -0.2) is 4.39 Å². The predicted octanol–water partition coefficient (Wildman–Crippen LogP) is 1.97. The minimum Gasteiger partial charge on any atom is -0.489 e.